The summed E-state index contributed by atoms with van der Waals surface area (Å²) in [5, 5.41) is 6.00. The third-order valence-electron chi connectivity index (χ3n) is 1.79. The molecular weight excluding hydrogens is 116 g/mol. The SMILES string of the molecule is CC1c2ncnn2N1C. The van der Waals surface area contributed by atoms with Gasteiger partial charge in [-0.05, 0) is 6.92 Å². The van der Waals surface area contributed by atoms with Crippen molar-refractivity contribution in [3.63, 3.8) is 0 Å². The maximum atomic E-state index is 4.04. The average Bonchev–Trinajstić information content (AvgIpc) is 2.30. The van der Waals surface area contributed by atoms with Crippen molar-refractivity contribution in [2.45, 2.75) is 13.0 Å². The van der Waals surface area contributed by atoms with Gasteiger partial charge in [-0.15, -0.1) is 5.10 Å². The number of fused-ring (bicyclic) bond motifs is 1. The summed E-state index contributed by atoms with van der Waals surface area (Å²) in [5.74, 6) is 1.05. The van der Waals surface area contributed by atoms with Gasteiger partial charge in [0.25, 0.3) is 0 Å². The molecule has 0 radical (unpaired) electrons. The molecule has 4 nitrogen and oxygen atoms in total. The van der Waals surface area contributed by atoms with Crippen LogP contribution in [0.4, 0.5) is 0 Å². The van der Waals surface area contributed by atoms with Gasteiger partial charge in [0.15, 0.2) is 5.82 Å². The summed E-state index contributed by atoms with van der Waals surface area (Å²) in [4.78, 5) is 5.84. The van der Waals surface area contributed by atoms with Crippen LogP contribution in [-0.2, 0) is 0 Å². The third kappa shape index (κ3) is 0.386. The molecule has 1 aromatic rings. The van der Waals surface area contributed by atoms with Crippen molar-refractivity contribution in [3.8, 4) is 0 Å². The van der Waals surface area contributed by atoms with Gasteiger partial charge in [0, 0.05) is 7.05 Å². The van der Waals surface area contributed by atoms with Crippen molar-refractivity contribution in [1.82, 2.24) is 14.9 Å². The maximum Gasteiger partial charge on any atom is 0.174 e. The van der Waals surface area contributed by atoms with Gasteiger partial charge in [-0.1, -0.05) is 0 Å². The van der Waals surface area contributed by atoms with Crippen molar-refractivity contribution < 1.29 is 0 Å². The second-order valence-electron chi connectivity index (χ2n) is 2.26. The molecule has 0 aliphatic carbocycles. The Morgan fingerprint density at radius 1 is 1.67 bits per heavy atom. The molecule has 0 bridgehead atoms. The molecule has 1 aliphatic heterocycles. The van der Waals surface area contributed by atoms with Crippen molar-refractivity contribution in [3.05, 3.63) is 12.2 Å². The quantitative estimate of drug-likeness (QED) is 0.485. The fourth-order valence-electron chi connectivity index (χ4n) is 1.04. The molecule has 0 saturated heterocycles. The first kappa shape index (κ1) is 4.78. The van der Waals surface area contributed by atoms with E-state index in [-0.39, 0.29) is 0 Å². The summed E-state index contributed by atoms with van der Waals surface area (Å²) in [6.45, 7) is 2.10. The van der Waals surface area contributed by atoms with Gasteiger partial charge < -0.3 is 0 Å². The monoisotopic (exact) mass is 124 g/mol. The second kappa shape index (κ2) is 1.26. The number of rotatable bonds is 0. The third-order valence-corrected chi connectivity index (χ3v) is 1.79. The fourth-order valence-corrected chi connectivity index (χ4v) is 1.04. The van der Waals surface area contributed by atoms with Crippen LogP contribution in [-0.4, -0.2) is 21.9 Å². The number of aromatic nitrogens is 3. The van der Waals surface area contributed by atoms with Gasteiger partial charge in [0.1, 0.15) is 12.4 Å². The van der Waals surface area contributed by atoms with E-state index in [1.807, 2.05) is 12.1 Å². The van der Waals surface area contributed by atoms with Crippen LogP contribution in [0.25, 0.3) is 0 Å². The van der Waals surface area contributed by atoms with Gasteiger partial charge >= 0.3 is 0 Å². The minimum Gasteiger partial charge on any atom is -0.288 e. The molecule has 1 atom stereocenters. The van der Waals surface area contributed by atoms with E-state index in [2.05, 4.69) is 17.0 Å². The van der Waals surface area contributed by atoms with Gasteiger partial charge in [-0.2, -0.15) is 4.79 Å². The summed E-state index contributed by atoms with van der Waals surface area (Å²) >= 11 is 0. The van der Waals surface area contributed by atoms with Crippen molar-refractivity contribution in [2.24, 2.45) is 0 Å². The van der Waals surface area contributed by atoms with Crippen LogP contribution in [0, 0.1) is 0 Å². The zero-order valence-corrected chi connectivity index (χ0v) is 5.44. The van der Waals surface area contributed by atoms with E-state index in [1.165, 1.54) is 0 Å². The predicted octanol–water partition coefficient (Wildman–Crippen LogP) is -0.0795. The van der Waals surface area contributed by atoms with E-state index in [0.29, 0.717) is 6.04 Å². The maximum absolute atomic E-state index is 4.04. The Bertz CT molecular complexity index is 206. The molecule has 2 heterocycles. The molecule has 1 unspecified atom stereocenters. The van der Waals surface area contributed by atoms with Crippen LogP contribution in [0.5, 0.6) is 0 Å². The smallest absolute Gasteiger partial charge is 0.174 e. The predicted molar refractivity (Wildman–Crippen MR) is 32.6 cm³/mol. The van der Waals surface area contributed by atoms with E-state index < -0.39 is 0 Å². The Morgan fingerprint density at radius 2 is 2.44 bits per heavy atom. The Morgan fingerprint density at radius 3 is 3.11 bits per heavy atom. The van der Waals surface area contributed by atoms with Crippen molar-refractivity contribution >= 4 is 0 Å². The Balaban J connectivity index is 2.50. The molecule has 0 saturated carbocycles. The highest BCUT2D eigenvalue weighted by Gasteiger charge is 2.29. The minimum absolute atomic E-state index is 0.437. The van der Waals surface area contributed by atoms with Crippen molar-refractivity contribution in [2.75, 3.05) is 12.1 Å². The Hall–Kier alpha value is -1.06. The largest absolute Gasteiger partial charge is 0.288 e. The van der Waals surface area contributed by atoms with Crippen LogP contribution < -0.4 is 5.01 Å². The highest BCUT2D eigenvalue weighted by atomic mass is 15.7. The molecule has 9 heavy (non-hydrogen) atoms. The van der Waals surface area contributed by atoms with Gasteiger partial charge in [-0.25, -0.2) is 4.98 Å². The number of nitrogens with zero attached hydrogens (tertiary/aromatic N) is 4. The van der Waals surface area contributed by atoms with Crippen LogP contribution in [0.1, 0.15) is 18.8 Å². The molecule has 0 N–H and O–H groups in total. The molecule has 2 rings (SSSR count). The second-order valence-corrected chi connectivity index (χ2v) is 2.26. The van der Waals surface area contributed by atoms with Crippen LogP contribution >= 0.6 is 0 Å². The van der Waals surface area contributed by atoms with E-state index in [0.717, 1.165) is 5.82 Å². The van der Waals surface area contributed by atoms with E-state index in [1.54, 1.807) is 11.1 Å². The number of hydrogen-bond acceptors (Lipinski definition) is 3. The lowest BCUT2D eigenvalue weighted by atomic mass is 10.3. The molecule has 1 aromatic heterocycles. The minimum atomic E-state index is 0.437. The highest BCUT2D eigenvalue weighted by molar-refractivity contribution is 5.12. The van der Waals surface area contributed by atoms with Crippen LogP contribution in [0.2, 0.25) is 0 Å². The number of hydrogen-bond donors (Lipinski definition) is 0. The van der Waals surface area contributed by atoms with Gasteiger partial charge in [-0.3, -0.25) is 5.01 Å². The molecule has 48 valence electrons. The van der Waals surface area contributed by atoms with E-state index in [9.17, 15) is 0 Å². The molecular formula is C5H8N4. The summed E-state index contributed by atoms with van der Waals surface area (Å²) < 4.78 is 0. The average molecular weight is 124 g/mol. The first-order valence-corrected chi connectivity index (χ1v) is 2.94. The van der Waals surface area contributed by atoms with Gasteiger partial charge in [0.2, 0.25) is 0 Å². The summed E-state index contributed by atoms with van der Waals surface area (Å²) in [5.41, 5.74) is 0. The first-order chi connectivity index (χ1) is 4.30. The topological polar surface area (TPSA) is 34.0 Å². The Labute approximate surface area is 53.1 Å². The summed E-state index contributed by atoms with van der Waals surface area (Å²) in [6.07, 6.45) is 1.58. The van der Waals surface area contributed by atoms with Crippen LogP contribution in [0.3, 0.4) is 0 Å². The zero-order chi connectivity index (χ0) is 6.43. The van der Waals surface area contributed by atoms with Gasteiger partial charge in [0.05, 0.1) is 0 Å². The molecule has 0 spiro atoms. The zero-order valence-electron chi connectivity index (χ0n) is 5.44. The van der Waals surface area contributed by atoms with E-state index in [4.69, 9.17) is 0 Å². The normalized spacial score (nSPS) is 23.3. The molecule has 0 amide bonds. The van der Waals surface area contributed by atoms with E-state index >= 15 is 0 Å². The lowest BCUT2D eigenvalue weighted by Gasteiger charge is -2.35. The van der Waals surface area contributed by atoms with Crippen molar-refractivity contribution in [1.29, 1.82) is 0 Å². The van der Waals surface area contributed by atoms with Crippen LogP contribution in [0.15, 0.2) is 6.33 Å². The molecule has 0 fully saturated rings. The fraction of sp³-hybridized carbons (Fsp3) is 0.600. The molecule has 4 heteroatoms. The standard InChI is InChI=1S/C5H8N4/c1-4-5-6-3-7-9(5)8(4)2/h3-4H,1-2H3. The first-order valence-electron chi connectivity index (χ1n) is 2.94. The lowest BCUT2D eigenvalue weighted by Crippen LogP contribution is -2.46. The molecule has 0 aromatic carbocycles. The summed E-state index contributed by atoms with van der Waals surface area (Å²) in [6, 6.07) is 0.437. The lowest BCUT2D eigenvalue weighted by molar-refractivity contribution is 0.380. The summed E-state index contributed by atoms with van der Waals surface area (Å²) in [7, 11) is 1.99. The Kier molecular flexibility index (Phi) is 0.670. The highest BCUT2D eigenvalue weighted by Crippen LogP contribution is 2.23. The molecule has 1 aliphatic rings.